The van der Waals surface area contributed by atoms with Gasteiger partial charge in [0.25, 0.3) is 0 Å². The van der Waals surface area contributed by atoms with Crippen LogP contribution in [-0.2, 0) is 17.9 Å². The smallest absolute Gasteiger partial charge is 0.227 e. The van der Waals surface area contributed by atoms with Crippen molar-refractivity contribution in [2.45, 2.75) is 64.3 Å². The third-order valence-corrected chi connectivity index (χ3v) is 6.64. The number of carbonyl (C=O) groups excluding carboxylic acids is 1. The van der Waals surface area contributed by atoms with Gasteiger partial charge in [0.05, 0.1) is 5.92 Å². The van der Waals surface area contributed by atoms with E-state index < -0.39 is 0 Å². The molecule has 2 aromatic rings. The number of hydrogen-bond acceptors (Lipinski definition) is 4. The Morgan fingerprint density at radius 1 is 1.38 bits per heavy atom. The predicted molar refractivity (Wildman–Crippen MR) is 113 cm³/mol. The minimum absolute atomic E-state index is 0.0635. The molecule has 2 aliphatic rings. The normalized spacial score (nSPS) is 25.0. The summed E-state index contributed by atoms with van der Waals surface area (Å²) in [5.41, 5.74) is 1.06. The molecule has 1 aromatic carbocycles. The van der Waals surface area contributed by atoms with Gasteiger partial charge in [-0.15, -0.1) is 0 Å². The number of hydrogen-bond donors (Lipinski definition) is 1. The molecule has 29 heavy (non-hydrogen) atoms. The lowest BCUT2D eigenvalue weighted by atomic mass is 9.81. The van der Waals surface area contributed by atoms with E-state index in [1.54, 1.807) is 6.20 Å². The van der Waals surface area contributed by atoms with Crippen LogP contribution in [0, 0.1) is 12.8 Å². The molecular weight excluding hydrogens is 364 g/mol. The predicted octanol–water partition coefficient (Wildman–Crippen LogP) is 3.15. The molecular formula is C23H32N4O2. The summed E-state index contributed by atoms with van der Waals surface area (Å²) < 4.78 is 8.58. The first kappa shape index (κ1) is 20.0. The van der Waals surface area contributed by atoms with Gasteiger partial charge in [0.2, 0.25) is 5.91 Å². The molecule has 0 radical (unpaired) electrons. The molecule has 156 valence electrons. The Kier molecular flexibility index (Phi) is 5.63. The molecule has 0 bridgehead atoms. The van der Waals surface area contributed by atoms with Gasteiger partial charge in [0, 0.05) is 50.7 Å². The molecule has 0 unspecified atom stereocenters. The van der Waals surface area contributed by atoms with E-state index in [9.17, 15) is 4.79 Å². The van der Waals surface area contributed by atoms with Gasteiger partial charge in [-0.2, -0.15) is 0 Å². The Hall–Kier alpha value is -2.34. The first-order valence-corrected chi connectivity index (χ1v) is 10.7. The van der Waals surface area contributed by atoms with E-state index in [1.807, 2.05) is 38.1 Å². The van der Waals surface area contributed by atoms with Crippen LogP contribution in [0.25, 0.3) is 0 Å². The SMILES string of the molecule is Cc1nccn1C[C@@H](C)C(=O)N(C)C1CCC2(CC1)CNCc1ccccc1O2. The number of benzene rings is 1. The number of imidazole rings is 1. The number of amides is 1. The first-order chi connectivity index (χ1) is 14.0. The standard InChI is InChI=1S/C23H32N4O2/c1-17(15-27-13-12-25-18(27)2)22(28)26(3)20-8-10-23(11-9-20)16-24-14-19-6-4-5-7-21(19)29-23/h4-7,12-13,17,20,24H,8-11,14-16H2,1-3H3/t17-,20?,23?/m1/s1. The average molecular weight is 397 g/mol. The van der Waals surface area contributed by atoms with E-state index in [2.05, 4.69) is 33.1 Å². The zero-order chi connectivity index (χ0) is 20.4. The zero-order valence-electron chi connectivity index (χ0n) is 17.7. The van der Waals surface area contributed by atoms with Gasteiger partial charge in [0.1, 0.15) is 17.2 Å². The van der Waals surface area contributed by atoms with Crippen LogP contribution in [0.2, 0.25) is 0 Å². The maximum Gasteiger partial charge on any atom is 0.227 e. The zero-order valence-corrected chi connectivity index (χ0v) is 17.7. The van der Waals surface area contributed by atoms with Crippen molar-refractivity contribution in [2.75, 3.05) is 13.6 Å². The highest BCUT2D eigenvalue weighted by Crippen LogP contribution is 2.37. The summed E-state index contributed by atoms with van der Waals surface area (Å²) in [5, 5.41) is 3.56. The van der Waals surface area contributed by atoms with E-state index in [-0.39, 0.29) is 23.5 Å². The summed E-state index contributed by atoms with van der Waals surface area (Å²) in [6, 6.07) is 8.58. The highest BCUT2D eigenvalue weighted by molar-refractivity contribution is 5.78. The summed E-state index contributed by atoms with van der Waals surface area (Å²) in [5.74, 6) is 2.10. The average Bonchev–Trinajstić information content (AvgIpc) is 3.03. The van der Waals surface area contributed by atoms with Crippen molar-refractivity contribution in [3.05, 3.63) is 48.0 Å². The Bertz CT molecular complexity index is 854. The molecule has 6 heteroatoms. The third kappa shape index (κ3) is 4.17. The number of carbonyl (C=O) groups is 1. The van der Waals surface area contributed by atoms with Crippen LogP contribution in [0.3, 0.4) is 0 Å². The lowest BCUT2D eigenvalue weighted by molar-refractivity contribution is -0.137. The van der Waals surface area contributed by atoms with Crippen molar-refractivity contribution in [3.63, 3.8) is 0 Å². The number of aryl methyl sites for hydroxylation is 1. The minimum Gasteiger partial charge on any atom is -0.486 e. The Balaban J connectivity index is 1.36. The molecule has 1 fully saturated rings. The summed E-state index contributed by atoms with van der Waals surface area (Å²) in [4.78, 5) is 19.2. The Morgan fingerprint density at radius 3 is 2.86 bits per heavy atom. The van der Waals surface area contributed by atoms with Gasteiger partial charge in [-0.25, -0.2) is 4.98 Å². The number of para-hydroxylation sites is 1. The molecule has 2 heterocycles. The minimum atomic E-state index is -0.160. The lowest BCUT2D eigenvalue weighted by Crippen LogP contribution is -2.51. The molecule has 1 aromatic heterocycles. The monoisotopic (exact) mass is 396 g/mol. The molecule has 1 spiro atoms. The largest absolute Gasteiger partial charge is 0.486 e. The number of nitrogens with zero attached hydrogens (tertiary/aromatic N) is 3. The second-order valence-electron chi connectivity index (χ2n) is 8.70. The molecule has 1 saturated carbocycles. The molecule has 1 aliphatic carbocycles. The van der Waals surface area contributed by atoms with Crippen LogP contribution >= 0.6 is 0 Å². The van der Waals surface area contributed by atoms with Crippen LogP contribution in [-0.4, -0.2) is 45.6 Å². The maximum atomic E-state index is 13.0. The summed E-state index contributed by atoms with van der Waals surface area (Å²) in [6.45, 7) is 6.38. The topological polar surface area (TPSA) is 59.4 Å². The number of aromatic nitrogens is 2. The fourth-order valence-corrected chi connectivity index (χ4v) is 4.74. The number of ether oxygens (including phenoxy) is 1. The van der Waals surface area contributed by atoms with Crippen molar-refractivity contribution in [1.29, 1.82) is 0 Å². The number of rotatable bonds is 4. The van der Waals surface area contributed by atoms with E-state index in [0.29, 0.717) is 6.54 Å². The first-order valence-electron chi connectivity index (χ1n) is 10.7. The van der Waals surface area contributed by atoms with Crippen molar-refractivity contribution in [3.8, 4) is 5.75 Å². The summed E-state index contributed by atoms with van der Waals surface area (Å²) >= 11 is 0. The summed E-state index contributed by atoms with van der Waals surface area (Å²) in [7, 11) is 1.96. The van der Waals surface area contributed by atoms with E-state index in [4.69, 9.17) is 4.74 Å². The van der Waals surface area contributed by atoms with E-state index >= 15 is 0 Å². The van der Waals surface area contributed by atoms with Gasteiger partial charge < -0.3 is 19.5 Å². The van der Waals surface area contributed by atoms with Crippen LogP contribution in [0.4, 0.5) is 0 Å². The quantitative estimate of drug-likeness (QED) is 0.863. The highest BCUT2D eigenvalue weighted by atomic mass is 16.5. The van der Waals surface area contributed by atoms with Crippen molar-refractivity contribution in [1.82, 2.24) is 19.8 Å². The fraction of sp³-hybridized carbons (Fsp3) is 0.565. The second-order valence-corrected chi connectivity index (χ2v) is 8.70. The van der Waals surface area contributed by atoms with Crippen LogP contribution < -0.4 is 10.1 Å². The molecule has 4 rings (SSSR count). The van der Waals surface area contributed by atoms with Crippen molar-refractivity contribution < 1.29 is 9.53 Å². The van der Waals surface area contributed by atoms with Crippen LogP contribution in [0.1, 0.15) is 44.0 Å². The van der Waals surface area contributed by atoms with Crippen molar-refractivity contribution >= 4 is 5.91 Å². The van der Waals surface area contributed by atoms with Gasteiger partial charge >= 0.3 is 0 Å². The van der Waals surface area contributed by atoms with Crippen LogP contribution in [0.15, 0.2) is 36.7 Å². The fourth-order valence-electron chi connectivity index (χ4n) is 4.74. The molecule has 0 saturated heterocycles. The molecule has 1 amide bonds. The summed E-state index contributed by atoms with van der Waals surface area (Å²) in [6.07, 6.45) is 7.61. The number of fused-ring (bicyclic) bond motifs is 1. The Labute approximate surface area is 173 Å². The lowest BCUT2D eigenvalue weighted by Gasteiger charge is -2.42. The maximum absolute atomic E-state index is 13.0. The van der Waals surface area contributed by atoms with Crippen molar-refractivity contribution in [2.24, 2.45) is 5.92 Å². The van der Waals surface area contributed by atoms with Gasteiger partial charge in [-0.3, -0.25) is 4.79 Å². The van der Waals surface area contributed by atoms with Gasteiger partial charge in [0.15, 0.2) is 0 Å². The molecule has 1 atom stereocenters. The third-order valence-electron chi connectivity index (χ3n) is 6.64. The Morgan fingerprint density at radius 2 is 2.14 bits per heavy atom. The highest BCUT2D eigenvalue weighted by Gasteiger charge is 2.40. The molecule has 6 nitrogen and oxygen atoms in total. The molecule has 1 N–H and O–H groups in total. The van der Waals surface area contributed by atoms with Gasteiger partial charge in [-0.1, -0.05) is 25.1 Å². The number of nitrogens with one attached hydrogen (secondary N) is 1. The van der Waals surface area contributed by atoms with Gasteiger partial charge in [-0.05, 0) is 38.7 Å². The second kappa shape index (κ2) is 8.19. The van der Waals surface area contributed by atoms with E-state index in [0.717, 1.165) is 50.3 Å². The molecule has 1 aliphatic heterocycles. The van der Waals surface area contributed by atoms with Crippen LogP contribution in [0.5, 0.6) is 5.75 Å². The van der Waals surface area contributed by atoms with E-state index in [1.165, 1.54) is 5.56 Å².